The fraction of sp³-hybridized carbons (Fsp3) is 0.178. The highest BCUT2D eigenvalue weighted by Gasteiger charge is 2.44. The molecule has 7 aromatic rings. The van der Waals surface area contributed by atoms with Crippen molar-refractivity contribution in [2.45, 2.75) is 30.5 Å². The Bertz CT molecular complexity index is 2400. The van der Waals surface area contributed by atoms with E-state index >= 15 is 0 Å². The molecule has 1 aliphatic rings. The van der Waals surface area contributed by atoms with Gasteiger partial charge in [0.2, 0.25) is 0 Å². The Morgan fingerprint density at radius 2 is 1.28 bits per heavy atom. The van der Waals surface area contributed by atoms with Crippen LogP contribution in [0.15, 0.2) is 152 Å². The monoisotopic (exact) mass is 761 g/mol. The summed E-state index contributed by atoms with van der Waals surface area (Å²) >= 11 is 0. The van der Waals surface area contributed by atoms with E-state index in [0.717, 1.165) is 16.7 Å². The van der Waals surface area contributed by atoms with Crippen LogP contribution in [-0.4, -0.2) is 64.4 Å². The molecule has 12 nitrogen and oxygen atoms in total. The number of ether oxygens (including phenoxy) is 5. The SMILES string of the molecule is COc1ccc(C(OC[C@H]2O[C@@H](n3cnc4c(NC(=O)c5ccccc5)ncnc43)C[C@@H]2OC(=O)c2ccccc2)(c2ccccc2)c2ccc(OC)cc2)cc1. The molecular formula is C45H39N5O7. The molecule has 1 amide bonds. The van der Waals surface area contributed by atoms with Crippen molar-refractivity contribution in [1.82, 2.24) is 19.5 Å². The summed E-state index contributed by atoms with van der Waals surface area (Å²) in [5.74, 6) is 0.833. The summed E-state index contributed by atoms with van der Waals surface area (Å²) in [5, 5.41) is 2.85. The van der Waals surface area contributed by atoms with Gasteiger partial charge < -0.3 is 29.0 Å². The minimum atomic E-state index is -1.14. The van der Waals surface area contributed by atoms with Crippen LogP contribution in [0, 0.1) is 0 Å². The Balaban J connectivity index is 1.15. The van der Waals surface area contributed by atoms with Crippen LogP contribution in [0.2, 0.25) is 0 Å². The van der Waals surface area contributed by atoms with Gasteiger partial charge in [-0.05, 0) is 65.2 Å². The van der Waals surface area contributed by atoms with Gasteiger partial charge in [-0.25, -0.2) is 19.7 Å². The van der Waals surface area contributed by atoms with Crippen LogP contribution in [0.1, 0.15) is 50.1 Å². The summed E-state index contributed by atoms with van der Waals surface area (Å²) in [7, 11) is 3.25. The standard InChI is InChI=1S/C45H39N5O7/c1-53-35-22-18-33(19-23-35)45(32-16-10-5-11-17-32,34-20-24-36(54-2)25-21-34)55-27-38-37(57-44(52)31-14-8-4-9-15-31)26-39(56-38)50-29-48-40-41(46-28-47-42(40)50)49-43(51)30-12-6-3-7-13-30/h3-25,28-29,37-39H,26-27H2,1-2H3,(H,46,47,49,51)/t37-,38+,39+/m0/s1. The van der Waals surface area contributed by atoms with Crippen molar-refractivity contribution in [1.29, 1.82) is 0 Å². The molecule has 8 rings (SSSR count). The van der Waals surface area contributed by atoms with Gasteiger partial charge in [0.1, 0.15) is 41.9 Å². The van der Waals surface area contributed by atoms with E-state index in [-0.39, 0.29) is 24.8 Å². The number of esters is 1. The largest absolute Gasteiger partial charge is 0.497 e. The van der Waals surface area contributed by atoms with E-state index in [9.17, 15) is 9.59 Å². The lowest BCUT2D eigenvalue weighted by molar-refractivity contribution is -0.0955. The van der Waals surface area contributed by atoms with Crippen LogP contribution in [0.4, 0.5) is 5.82 Å². The van der Waals surface area contributed by atoms with Crippen LogP contribution < -0.4 is 14.8 Å². The van der Waals surface area contributed by atoms with Gasteiger partial charge in [0.05, 0.1) is 32.7 Å². The molecule has 0 spiro atoms. The molecule has 1 N–H and O–H groups in total. The molecule has 1 aliphatic heterocycles. The number of benzene rings is 5. The number of methoxy groups -OCH3 is 2. The highest BCUT2D eigenvalue weighted by Crippen LogP contribution is 2.43. The zero-order chi connectivity index (χ0) is 39.2. The topological polar surface area (TPSA) is 136 Å². The molecule has 286 valence electrons. The van der Waals surface area contributed by atoms with Crippen LogP contribution >= 0.6 is 0 Å². The van der Waals surface area contributed by atoms with Crippen molar-refractivity contribution in [2.75, 3.05) is 26.1 Å². The number of nitrogens with one attached hydrogen (secondary N) is 1. The van der Waals surface area contributed by atoms with Crippen LogP contribution in [-0.2, 0) is 19.8 Å². The number of nitrogens with zero attached hydrogens (tertiary/aromatic N) is 4. The first-order valence-corrected chi connectivity index (χ1v) is 18.4. The lowest BCUT2D eigenvalue weighted by atomic mass is 9.80. The summed E-state index contributed by atoms with van der Waals surface area (Å²) in [4.78, 5) is 40.0. The first-order chi connectivity index (χ1) is 28.0. The lowest BCUT2D eigenvalue weighted by Gasteiger charge is -2.37. The van der Waals surface area contributed by atoms with Crippen molar-refractivity contribution >= 4 is 28.9 Å². The van der Waals surface area contributed by atoms with E-state index in [2.05, 4.69) is 20.3 Å². The summed E-state index contributed by atoms with van der Waals surface area (Å²) in [5.41, 5.74) is 3.11. The van der Waals surface area contributed by atoms with Crippen molar-refractivity contribution in [3.63, 3.8) is 0 Å². The third kappa shape index (κ3) is 7.56. The number of imidazole rings is 1. The number of aromatic nitrogens is 4. The first-order valence-electron chi connectivity index (χ1n) is 18.4. The van der Waals surface area contributed by atoms with E-state index in [1.165, 1.54) is 6.33 Å². The van der Waals surface area contributed by atoms with Crippen molar-refractivity contribution < 1.29 is 33.3 Å². The number of rotatable bonds is 13. The summed E-state index contributed by atoms with van der Waals surface area (Å²) < 4.78 is 33.0. The fourth-order valence-corrected chi connectivity index (χ4v) is 7.13. The van der Waals surface area contributed by atoms with Gasteiger partial charge in [0.25, 0.3) is 5.91 Å². The van der Waals surface area contributed by atoms with Crippen LogP contribution in [0.5, 0.6) is 11.5 Å². The van der Waals surface area contributed by atoms with Gasteiger partial charge in [0.15, 0.2) is 17.0 Å². The fourth-order valence-electron chi connectivity index (χ4n) is 7.13. The first kappa shape index (κ1) is 37.1. The highest BCUT2D eigenvalue weighted by atomic mass is 16.6. The minimum Gasteiger partial charge on any atom is -0.497 e. The molecule has 0 aliphatic carbocycles. The Hall–Kier alpha value is -6.89. The maximum absolute atomic E-state index is 13.6. The Morgan fingerprint density at radius 3 is 1.88 bits per heavy atom. The van der Waals surface area contributed by atoms with Gasteiger partial charge in [-0.15, -0.1) is 0 Å². The zero-order valence-electron chi connectivity index (χ0n) is 31.2. The van der Waals surface area contributed by atoms with Gasteiger partial charge in [0, 0.05) is 12.0 Å². The molecule has 0 radical (unpaired) electrons. The van der Waals surface area contributed by atoms with E-state index < -0.39 is 30.0 Å². The van der Waals surface area contributed by atoms with E-state index in [1.54, 1.807) is 73.6 Å². The smallest absolute Gasteiger partial charge is 0.338 e. The van der Waals surface area contributed by atoms with Gasteiger partial charge in [-0.3, -0.25) is 9.36 Å². The maximum atomic E-state index is 13.6. The number of carbonyl (C=O) groups is 2. The summed E-state index contributed by atoms with van der Waals surface area (Å²) in [6.45, 7) is 0.0101. The maximum Gasteiger partial charge on any atom is 0.338 e. The predicted octanol–water partition coefficient (Wildman–Crippen LogP) is 7.62. The molecule has 0 unspecified atom stereocenters. The highest BCUT2D eigenvalue weighted by molar-refractivity contribution is 6.06. The number of carbonyl (C=O) groups excluding carboxylic acids is 2. The van der Waals surface area contributed by atoms with Gasteiger partial charge in [-0.1, -0.05) is 91.0 Å². The lowest BCUT2D eigenvalue weighted by Crippen LogP contribution is -2.39. The number of hydrogen-bond acceptors (Lipinski definition) is 10. The normalized spacial score (nSPS) is 16.6. The number of amides is 1. The number of hydrogen-bond donors (Lipinski definition) is 1. The molecule has 3 heterocycles. The van der Waals surface area contributed by atoms with Crippen molar-refractivity contribution in [2.24, 2.45) is 0 Å². The molecule has 5 aromatic carbocycles. The molecule has 12 heteroatoms. The summed E-state index contributed by atoms with van der Waals surface area (Å²) in [6.07, 6.45) is 1.07. The molecule has 0 saturated carbocycles. The molecule has 2 aromatic heterocycles. The van der Waals surface area contributed by atoms with Gasteiger partial charge >= 0.3 is 5.97 Å². The van der Waals surface area contributed by atoms with E-state index in [0.29, 0.717) is 33.8 Å². The minimum absolute atomic E-state index is 0.0101. The van der Waals surface area contributed by atoms with Crippen LogP contribution in [0.3, 0.4) is 0 Å². The van der Waals surface area contributed by atoms with E-state index in [4.69, 9.17) is 23.7 Å². The van der Waals surface area contributed by atoms with Crippen molar-refractivity contribution in [3.05, 3.63) is 180 Å². The van der Waals surface area contributed by atoms with Crippen molar-refractivity contribution in [3.8, 4) is 11.5 Å². The molecule has 1 saturated heterocycles. The molecular weight excluding hydrogens is 723 g/mol. The second kappa shape index (κ2) is 16.5. The Kier molecular flexibility index (Phi) is 10.7. The van der Waals surface area contributed by atoms with E-state index in [1.807, 2.05) is 91.0 Å². The number of anilines is 1. The molecule has 3 atom stereocenters. The molecule has 1 fully saturated rings. The quantitative estimate of drug-likeness (QED) is 0.0924. The molecule has 0 bridgehead atoms. The molecule has 57 heavy (non-hydrogen) atoms. The second-order valence-electron chi connectivity index (χ2n) is 13.4. The Labute approximate surface area is 329 Å². The third-order valence-electron chi connectivity index (χ3n) is 10.0. The third-order valence-corrected chi connectivity index (χ3v) is 10.0. The summed E-state index contributed by atoms with van der Waals surface area (Å²) in [6, 6.07) is 43.1. The average molecular weight is 762 g/mol. The van der Waals surface area contributed by atoms with Crippen LogP contribution in [0.25, 0.3) is 11.2 Å². The zero-order valence-corrected chi connectivity index (χ0v) is 31.2. The average Bonchev–Trinajstić information content (AvgIpc) is 3.89. The number of fused-ring (bicyclic) bond motifs is 1. The predicted molar refractivity (Wildman–Crippen MR) is 212 cm³/mol. The van der Waals surface area contributed by atoms with Gasteiger partial charge in [-0.2, -0.15) is 0 Å². The Morgan fingerprint density at radius 1 is 0.719 bits per heavy atom. The second-order valence-corrected chi connectivity index (χ2v) is 13.4.